The lowest BCUT2D eigenvalue weighted by Crippen LogP contribution is -2.34. The van der Waals surface area contributed by atoms with Crippen LogP contribution in [0.5, 0.6) is 5.75 Å². The highest BCUT2D eigenvalue weighted by molar-refractivity contribution is 5.26. The highest BCUT2D eigenvalue weighted by Gasteiger charge is 2.14. The lowest BCUT2D eigenvalue weighted by Gasteiger charge is -2.30. The van der Waals surface area contributed by atoms with Gasteiger partial charge in [-0.15, -0.1) is 0 Å². The van der Waals surface area contributed by atoms with Crippen molar-refractivity contribution in [3.63, 3.8) is 0 Å². The second kappa shape index (κ2) is 7.51. The highest BCUT2D eigenvalue weighted by Crippen LogP contribution is 2.16. The van der Waals surface area contributed by atoms with E-state index < -0.39 is 0 Å². The number of aliphatic hydroxyl groups is 1. The molecular formula is C16H25NO2. The summed E-state index contributed by atoms with van der Waals surface area (Å²) < 4.78 is 5.71. The average molecular weight is 263 g/mol. The Hall–Kier alpha value is -1.06. The summed E-state index contributed by atoms with van der Waals surface area (Å²) in [7, 11) is 0. The van der Waals surface area contributed by atoms with Gasteiger partial charge in [-0.25, -0.2) is 0 Å². The fourth-order valence-corrected chi connectivity index (χ4v) is 2.45. The smallest absolute Gasteiger partial charge is 0.119 e. The maximum absolute atomic E-state index is 8.96. The van der Waals surface area contributed by atoms with Crippen LogP contribution in [0.4, 0.5) is 0 Å². The van der Waals surface area contributed by atoms with Gasteiger partial charge >= 0.3 is 0 Å². The summed E-state index contributed by atoms with van der Waals surface area (Å²) in [6, 6.07) is 7.66. The van der Waals surface area contributed by atoms with Crippen LogP contribution in [0.2, 0.25) is 0 Å². The number of nitrogens with zero attached hydrogens (tertiary/aromatic N) is 1. The van der Waals surface area contributed by atoms with Crippen LogP contribution in [0.25, 0.3) is 0 Å². The second-order valence-electron chi connectivity index (χ2n) is 5.53. The molecule has 0 aliphatic carbocycles. The minimum Gasteiger partial charge on any atom is -0.494 e. The van der Waals surface area contributed by atoms with Crippen molar-refractivity contribution in [1.82, 2.24) is 4.90 Å². The number of hydrogen-bond donors (Lipinski definition) is 1. The average Bonchev–Trinajstić information content (AvgIpc) is 2.46. The van der Waals surface area contributed by atoms with Crippen molar-refractivity contribution in [2.75, 3.05) is 26.2 Å². The number of hydrogen-bond acceptors (Lipinski definition) is 3. The molecule has 2 rings (SSSR count). The third kappa shape index (κ3) is 4.84. The number of likely N-dealkylation sites (tertiary alicyclic amines) is 1. The van der Waals surface area contributed by atoms with Gasteiger partial charge in [-0.1, -0.05) is 19.1 Å². The molecule has 19 heavy (non-hydrogen) atoms. The van der Waals surface area contributed by atoms with Crippen molar-refractivity contribution in [2.24, 2.45) is 5.92 Å². The summed E-state index contributed by atoms with van der Waals surface area (Å²) >= 11 is 0. The Morgan fingerprint density at radius 1 is 1.21 bits per heavy atom. The van der Waals surface area contributed by atoms with E-state index in [2.05, 4.69) is 11.8 Å². The molecule has 1 saturated heterocycles. The van der Waals surface area contributed by atoms with Crippen molar-refractivity contribution in [3.05, 3.63) is 29.8 Å². The van der Waals surface area contributed by atoms with E-state index in [-0.39, 0.29) is 6.61 Å². The first kappa shape index (κ1) is 14.4. The van der Waals surface area contributed by atoms with Crippen LogP contribution in [0.3, 0.4) is 0 Å². The Balaban J connectivity index is 1.61. The Bertz CT molecular complexity index is 356. The Labute approximate surface area is 116 Å². The van der Waals surface area contributed by atoms with Crippen LogP contribution in [0.15, 0.2) is 24.3 Å². The van der Waals surface area contributed by atoms with Crippen LogP contribution in [0, 0.1) is 5.92 Å². The van der Waals surface area contributed by atoms with Crippen LogP contribution >= 0.6 is 0 Å². The van der Waals surface area contributed by atoms with Crippen LogP contribution < -0.4 is 4.74 Å². The summed E-state index contributed by atoms with van der Waals surface area (Å²) in [5, 5.41) is 8.96. The van der Waals surface area contributed by atoms with Crippen molar-refractivity contribution in [3.8, 4) is 5.75 Å². The van der Waals surface area contributed by atoms with E-state index in [9.17, 15) is 0 Å². The molecule has 0 amide bonds. The number of aliphatic hydroxyl groups excluding tert-OH is 1. The summed E-state index contributed by atoms with van der Waals surface area (Å²) in [5.74, 6) is 1.79. The number of ether oxygens (including phenoxy) is 1. The predicted molar refractivity (Wildman–Crippen MR) is 77.3 cm³/mol. The summed E-state index contributed by atoms with van der Waals surface area (Å²) in [4.78, 5) is 2.54. The topological polar surface area (TPSA) is 32.7 Å². The molecular weight excluding hydrogens is 238 g/mol. The molecule has 1 aromatic rings. The van der Waals surface area contributed by atoms with Gasteiger partial charge in [0.05, 0.1) is 13.2 Å². The maximum Gasteiger partial charge on any atom is 0.119 e. The molecule has 0 saturated carbocycles. The van der Waals surface area contributed by atoms with E-state index in [4.69, 9.17) is 9.84 Å². The zero-order valence-electron chi connectivity index (χ0n) is 11.8. The fourth-order valence-electron chi connectivity index (χ4n) is 2.45. The number of rotatable bonds is 6. The lowest BCUT2D eigenvalue weighted by atomic mass is 9.99. The van der Waals surface area contributed by atoms with Crippen LogP contribution in [-0.4, -0.2) is 36.2 Å². The third-order valence-electron chi connectivity index (χ3n) is 3.87. The predicted octanol–water partition coefficient (Wildman–Crippen LogP) is 2.68. The molecule has 3 heteroatoms. The molecule has 3 nitrogen and oxygen atoms in total. The van der Waals surface area contributed by atoms with E-state index in [0.717, 1.165) is 36.8 Å². The van der Waals surface area contributed by atoms with E-state index in [1.165, 1.54) is 25.9 Å². The summed E-state index contributed by atoms with van der Waals surface area (Å²) in [5.41, 5.74) is 0.926. The third-order valence-corrected chi connectivity index (χ3v) is 3.87. The Morgan fingerprint density at radius 2 is 1.89 bits per heavy atom. The van der Waals surface area contributed by atoms with Gasteiger partial charge in [0.25, 0.3) is 0 Å². The number of piperidine rings is 1. The molecule has 0 radical (unpaired) electrons. The molecule has 1 aliphatic heterocycles. The summed E-state index contributed by atoms with van der Waals surface area (Å²) in [6.07, 6.45) is 3.75. The molecule has 0 aromatic heterocycles. The molecule has 1 fully saturated rings. The van der Waals surface area contributed by atoms with Gasteiger partial charge < -0.3 is 14.7 Å². The maximum atomic E-state index is 8.96. The van der Waals surface area contributed by atoms with Crippen molar-refractivity contribution >= 4 is 0 Å². The van der Waals surface area contributed by atoms with Gasteiger partial charge in [-0.05, 0) is 56.0 Å². The second-order valence-corrected chi connectivity index (χ2v) is 5.53. The zero-order chi connectivity index (χ0) is 13.5. The molecule has 1 heterocycles. The van der Waals surface area contributed by atoms with E-state index in [1.54, 1.807) is 0 Å². The number of benzene rings is 1. The van der Waals surface area contributed by atoms with Crippen LogP contribution in [0.1, 0.15) is 31.7 Å². The van der Waals surface area contributed by atoms with E-state index in [0.29, 0.717) is 0 Å². The largest absolute Gasteiger partial charge is 0.494 e. The molecule has 0 atom stereocenters. The van der Waals surface area contributed by atoms with Gasteiger partial charge in [0.15, 0.2) is 0 Å². The normalized spacial score (nSPS) is 17.6. The van der Waals surface area contributed by atoms with Crippen molar-refractivity contribution in [1.29, 1.82) is 0 Å². The van der Waals surface area contributed by atoms with E-state index in [1.807, 2.05) is 24.3 Å². The minimum atomic E-state index is 0.0909. The Morgan fingerprint density at radius 3 is 2.53 bits per heavy atom. The summed E-state index contributed by atoms with van der Waals surface area (Å²) in [6.45, 7) is 6.83. The van der Waals surface area contributed by atoms with Gasteiger partial charge in [0.2, 0.25) is 0 Å². The quantitative estimate of drug-likeness (QED) is 0.801. The van der Waals surface area contributed by atoms with Gasteiger partial charge in [0, 0.05) is 6.54 Å². The first-order chi connectivity index (χ1) is 9.28. The zero-order valence-corrected chi connectivity index (χ0v) is 11.8. The molecule has 0 spiro atoms. The fraction of sp³-hybridized carbons (Fsp3) is 0.625. The monoisotopic (exact) mass is 263 g/mol. The SMILES string of the molecule is CC1CCN(CCCOc2ccc(CO)cc2)CC1. The molecule has 1 aliphatic rings. The van der Waals surface area contributed by atoms with Crippen LogP contribution in [-0.2, 0) is 6.61 Å². The first-order valence-electron chi connectivity index (χ1n) is 7.33. The van der Waals surface area contributed by atoms with Crippen molar-refractivity contribution < 1.29 is 9.84 Å². The molecule has 1 N–H and O–H groups in total. The molecule has 0 bridgehead atoms. The van der Waals surface area contributed by atoms with Crippen molar-refractivity contribution in [2.45, 2.75) is 32.8 Å². The highest BCUT2D eigenvalue weighted by atomic mass is 16.5. The van der Waals surface area contributed by atoms with E-state index >= 15 is 0 Å². The molecule has 106 valence electrons. The molecule has 0 unspecified atom stereocenters. The van der Waals surface area contributed by atoms with Gasteiger partial charge in [-0.3, -0.25) is 0 Å². The minimum absolute atomic E-state index is 0.0909. The standard InChI is InChI=1S/C16H25NO2/c1-14-7-10-17(11-8-14)9-2-12-19-16-5-3-15(13-18)4-6-16/h3-6,14,18H,2,7-13H2,1H3. The lowest BCUT2D eigenvalue weighted by molar-refractivity contribution is 0.177. The molecule has 1 aromatic carbocycles. The van der Waals surface area contributed by atoms with Gasteiger partial charge in [0.1, 0.15) is 5.75 Å². The Kier molecular flexibility index (Phi) is 5.67. The first-order valence-corrected chi connectivity index (χ1v) is 7.33. The van der Waals surface area contributed by atoms with Gasteiger partial charge in [-0.2, -0.15) is 0 Å².